The maximum atomic E-state index is 13.2. The number of nitrogens with one attached hydrogen (secondary N) is 3. The summed E-state index contributed by atoms with van der Waals surface area (Å²) in [5.74, 6) is -4.69. The monoisotopic (exact) mass is 536 g/mol. The topological polar surface area (TPSA) is 278 Å². The molecule has 0 aliphatic carbocycles. The van der Waals surface area contributed by atoms with Crippen molar-refractivity contribution in [3.05, 3.63) is 35.9 Å². The Labute approximate surface area is 219 Å². The van der Waals surface area contributed by atoms with Crippen molar-refractivity contribution >= 4 is 35.6 Å². The van der Waals surface area contributed by atoms with E-state index in [1.54, 1.807) is 30.3 Å². The minimum Gasteiger partial charge on any atom is -0.480 e. The first-order valence-corrected chi connectivity index (χ1v) is 11.8. The lowest BCUT2D eigenvalue weighted by molar-refractivity contribution is -0.142. The van der Waals surface area contributed by atoms with Crippen LogP contribution in [0.5, 0.6) is 0 Å². The number of guanidine groups is 1. The first-order valence-electron chi connectivity index (χ1n) is 11.8. The van der Waals surface area contributed by atoms with Crippen LogP contribution in [0.4, 0.5) is 0 Å². The Bertz CT molecular complexity index is 985. The highest BCUT2D eigenvalue weighted by Gasteiger charge is 2.30. The summed E-state index contributed by atoms with van der Waals surface area (Å²) in [6.07, 6.45) is -0.270. The lowest BCUT2D eigenvalue weighted by Crippen LogP contribution is -2.58. The quantitative estimate of drug-likeness (QED) is 0.0535. The number of aliphatic hydroxyl groups is 1. The molecule has 15 nitrogen and oxygen atoms in total. The van der Waals surface area contributed by atoms with Gasteiger partial charge in [-0.1, -0.05) is 30.3 Å². The Hall–Kier alpha value is -4.24. The number of carboxylic acid groups (broad SMARTS) is 1. The normalized spacial score (nSPS) is 13.7. The molecular weight excluding hydrogens is 500 g/mol. The molecule has 0 bridgehead atoms. The minimum absolute atomic E-state index is 0.0138. The number of hydrogen-bond acceptors (Lipinski definition) is 8. The molecular formula is C23H36N8O7. The number of aliphatic carboxylic acids is 1. The number of nitrogens with two attached hydrogens (primary N) is 4. The first-order chi connectivity index (χ1) is 17.9. The minimum atomic E-state index is -1.35. The molecule has 0 aliphatic rings. The molecule has 1 rings (SSSR count). The van der Waals surface area contributed by atoms with Crippen molar-refractivity contribution in [1.29, 1.82) is 0 Å². The number of carbonyl (C=O) groups excluding carboxylic acids is 4. The Kier molecular flexibility index (Phi) is 13.8. The Balaban J connectivity index is 3.06. The number of benzene rings is 1. The number of amides is 4. The molecule has 0 fully saturated rings. The van der Waals surface area contributed by atoms with Crippen molar-refractivity contribution < 1.29 is 34.2 Å². The van der Waals surface area contributed by atoms with Crippen LogP contribution in [-0.2, 0) is 30.4 Å². The zero-order valence-corrected chi connectivity index (χ0v) is 20.8. The summed E-state index contributed by atoms with van der Waals surface area (Å²) in [4.78, 5) is 65.2. The van der Waals surface area contributed by atoms with Gasteiger partial charge in [0.2, 0.25) is 23.6 Å². The van der Waals surface area contributed by atoms with Crippen LogP contribution in [-0.4, -0.2) is 83.1 Å². The maximum Gasteiger partial charge on any atom is 0.326 e. The fraction of sp³-hybridized carbons (Fsp3) is 0.478. The van der Waals surface area contributed by atoms with Crippen molar-refractivity contribution in [3.63, 3.8) is 0 Å². The van der Waals surface area contributed by atoms with E-state index in [9.17, 15) is 29.1 Å². The molecule has 13 N–H and O–H groups in total. The van der Waals surface area contributed by atoms with E-state index in [4.69, 9.17) is 28.0 Å². The van der Waals surface area contributed by atoms with E-state index >= 15 is 0 Å². The number of nitrogens with zero attached hydrogens (tertiary/aromatic N) is 1. The van der Waals surface area contributed by atoms with Crippen LogP contribution in [0.25, 0.3) is 0 Å². The van der Waals surface area contributed by atoms with Gasteiger partial charge in [-0.05, 0) is 24.8 Å². The largest absolute Gasteiger partial charge is 0.480 e. The number of aliphatic hydroxyl groups excluding tert-OH is 1. The summed E-state index contributed by atoms with van der Waals surface area (Å²) >= 11 is 0. The van der Waals surface area contributed by atoms with Crippen LogP contribution in [0.1, 0.15) is 31.2 Å². The van der Waals surface area contributed by atoms with E-state index in [1.807, 2.05) is 0 Å². The molecule has 210 valence electrons. The van der Waals surface area contributed by atoms with Gasteiger partial charge in [0.1, 0.15) is 24.2 Å². The van der Waals surface area contributed by atoms with Crippen LogP contribution in [0.3, 0.4) is 0 Å². The van der Waals surface area contributed by atoms with E-state index in [0.717, 1.165) is 0 Å². The zero-order chi connectivity index (χ0) is 28.7. The average Bonchev–Trinajstić information content (AvgIpc) is 2.87. The highest BCUT2D eigenvalue weighted by Crippen LogP contribution is 2.07. The van der Waals surface area contributed by atoms with E-state index in [2.05, 4.69) is 20.9 Å². The van der Waals surface area contributed by atoms with Gasteiger partial charge >= 0.3 is 5.97 Å². The first kappa shape index (κ1) is 31.8. The van der Waals surface area contributed by atoms with Crippen LogP contribution in [0.2, 0.25) is 0 Å². The van der Waals surface area contributed by atoms with Crippen LogP contribution >= 0.6 is 0 Å². The summed E-state index contributed by atoms with van der Waals surface area (Å²) in [5, 5.41) is 25.9. The number of carbonyl (C=O) groups is 5. The zero-order valence-electron chi connectivity index (χ0n) is 20.8. The number of aliphatic imine (C=N–C) groups is 1. The van der Waals surface area contributed by atoms with Gasteiger partial charge in [-0.25, -0.2) is 4.79 Å². The van der Waals surface area contributed by atoms with Gasteiger partial charge in [-0.2, -0.15) is 0 Å². The van der Waals surface area contributed by atoms with Crippen LogP contribution < -0.4 is 38.9 Å². The van der Waals surface area contributed by atoms with Crippen molar-refractivity contribution in [3.8, 4) is 0 Å². The summed E-state index contributed by atoms with van der Waals surface area (Å²) in [7, 11) is 0. The van der Waals surface area contributed by atoms with Crippen molar-refractivity contribution in [2.45, 2.75) is 56.3 Å². The van der Waals surface area contributed by atoms with Gasteiger partial charge in [-0.15, -0.1) is 0 Å². The van der Waals surface area contributed by atoms with Crippen molar-refractivity contribution in [2.75, 3.05) is 13.2 Å². The smallest absolute Gasteiger partial charge is 0.326 e. The third kappa shape index (κ3) is 12.1. The predicted molar refractivity (Wildman–Crippen MR) is 137 cm³/mol. The Morgan fingerprint density at radius 1 is 0.842 bits per heavy atom. The number of primary amides is 1. The second-order valence-corrected chi connectivity index (χ2v) is 8.45. The van der Waals surface area contributed by atoms with Crippen molar-refractivity contribution in [1.82, 2.24) is 16.0 Å². The lowest BCUT2D eigenvalue weighted by atomic mass is 10.0. The van der Waals surface area contributed by atoms with E-state index in [0.29, 0.717) is 5.56 Å². The molecule has 1 aromatic rings. The van der Waals surface area contributed by atoms with Gasteiger partial charge < -0.3 is 49.1 Å². The van der Waals surface area contributed by atoms with Gasteiger partial charge in [0.05, 0.1) is 6.61 Å². The van der Waals surface area contributed by atoms with Crippen molar-refractivity contribution in [2.24, 2.45) is 27.9 Å². The SMILES string of the molecule is NC(=O)CCC(NC(=O)C(Cc1ccccc1)NC(=O)C(N)CO)C(=O)NC(CCCN=C(N)N)C(=O)O. The summed E-state index contributed by atoms with van der Waals surface area (Å²) in [6.45, 7) is -0.518. The van der Waals surface area contributed by atoms with Gasteiger partial charge in [0.15, 0.2) is 5.96 Å². The molecule has 4 unspecified atom stereocenters. The molecule has 0 spiro atoms. The maximum absolute atomic E-state index is 13.2. The average molecular weight is 537 g/mol. The predicted octanol–water partition coefficient (Wildman–Crippen LogP) is -3.59. The molecule has 0 saturated heterocycles. The van der Waals surface area contributed by atoms with Gasteiger partial charge in [0.25, 0.3) is 0 Å². The van der Waals surface area contributed by atoms with E-state index in [1.165, 1.54) is 0 Å². The second-order valence-electron chi connectivity index (χ2n) is 8.45. The van der Waals surface area contributed by atoms with Gasteiger partial charge in [-0.3, -0.25) is 24.2 Å². The summed E-state index contributed by atoms with van der Waals surface area (Å²) in [5.41, 5.74) is 21.9. The highest BCUT2D eigenvalue weighted by atomic mass is 16.4. The standard InChI is InChI=1S/C23H36N8O7/c24-14(12-32)19(34)31-17(11-13-5-2-1-3-6-13)21(36)29-15(8-9-18(25)33)20(35)30-16(22(37)38)7-4-10-28-23(26)27/h1-3,5-6,14-17,32H,4,7-12,24H2,(H2,25,33)(H,29,36)(H,30,35)(H,31,34)(H,37,38)(H4,26,27,28). The fourth-order valence-corrected chi connectivity index (χ4v) is 3.28. The summed E-state index contributed by atoms with van der Waals surface area (Å²) < 4.78 is 0. The molecule has 38 heavy (non-hydrogen) atoms. The molecule has 0 aliphatic heterocycles. The highest BCUT2D eigenvalue weighted by molar-refractivity contribution is 5.94. The Morgan fingerprint density at radius 2 is 1.42 bits per heavy atom. The molecule has 0 radical (unpaired) electrons. The molecule has 0 aromatic heterocycles. The molecule has 15 heteroatoms. The molecule has 1 aromatic carbocycles. The van der Waals surface area contributed by atoms with Crippen LogP contribution in [0.15, 0.2) is 35.3 Å². The number of rotatable bonds is 17. The molecule has 4 amide bonds. The number of carboxylic acids is 1. The molecule has 0 saturated carbocycles. The Morgan fingerprint density at radius 3 is 1.97 bits per heavy atom. The molecule has 0 heterocycles. The fourth-order valence-electron chi connectivity index (χ4n) is 3.28. The van der Waals surface area contributed by atoms with E-state index in [-0.39, 0.29) is 44.6 Å². The molecule has 4 atom stereocenters. The van der Waals surface area contributed by atoms with Gasteiger partial charge in [0, 0.05) is 19.4 Å². The third-order valence-electron chi connectivity index (χ3n) is 5.32. The number of hydrogen-bond donors (Lipinski definition) is 9. The lowest BCUT2D eigenvalue weighted by Gasteiger charge is -2.25. The third-order valence-corrected chi connectivity index (χ3v) is 5.32. The van der Waals surface area contributed by atoms with E-state index < -0.39 is 60.4 Å². The second kappa shape index (κ2) is 16.5. The van der Waals surface area contributed by atoms with Crippen LogP contribution in [0, 0.1) is 0 Å². The summed E-state index contributed by atoms with van der Waals surface area (Å²) in [6, 6.07) is 3.49.